The summed E-state index contributed by atoms with van der Waals surface area (Å²) in [7, 11) is 0. The van der Waals surface area contributed by atoms with Gasteiger partial charge in [0.1, 0.15) is 0 Å². The third-order valence-corrected chi connectivity index (χ3v) is 2.18. The van der Waals surface area contributed by atoms with E-state index in [0.717, 1.165) is 0 Å². The highest BCUT2D eigenvalue weighted by molar-refractivity contribution is 5.95. The number of ether oxygens (including phenoxy) is 1. The van der Waals surface area contributed by atoms with E-state index in [4.69, 9.17) is 4.74 Å². The van der Waals surface area contributed by atoms with E-state index in [1.165, 1.54) is 6.92 Å². The Morgan fingerprint density at radius 2 is 2.06 bits per heavy atom. The molecule has 0 amide bonds. The van der Waals surface area contributed by atoms with Gasteiger partial charge in [0.05, 0.1) is 18.2 Å². The van der Waals surface area contributed by atoms with Gasteiger partial charge < -0.3 is 10.1 Å². The number of alkyl halides is 2. The van der Waals surface area contributed by atoms with Crippen LogP contribution in [-0.4, -0.2) is 25.0 Å². The highest BCUT2D eigenvalue weighted by Crippen LogP contribution is 2.18. The van der Waals surface area contributed by atoms with E-state index in [-0.39, 0.29) is 12.2 Å². The number of benzene rings is 1. The Kier molecular flexibility index (Phi) is 4.87. The van der Waals surface area contributed by atoms with E-state index in [2.05, 4.69) is 5.32 Å². The second-order valence-corrected chi connectivity index (χ2v) is 3.53. The summed E-state index contributed by atoms with van der Waals surface area (Å²) < 4.78 is 29.7. The Morgan fingerprint density at radius 3 is 2.65 bits per heavy atom. The molecule has 3 nitrogen and oxygen atoms in total. The normalized spacial score (nSPS) is 12.3. The predicted molar refractivity (Wildman–Crippen MR) is 61.5 cm³/mol. The van der Waals surface area contributed by atoms with Crippen molar-refractivity contribution in [1.82, 2.24) is 0 Å². The van der Waals surface area contributed by atoms with Gasteiger partial charge in [-0.05, 0) is 26.0 Å². The fourth-order valence-electron chi connectivity index (χ4n) is 1.30. The van der Waals surface area contributed by atoms with Gasteiger partial charge in [-0.25, -0.2) is 13.6 Å². The summed E-state index contributed by atoms with van der Waals surface area (Å²) in [5.41, 5.74) is 0.626. The first-order valence-corrected chi connectivity index (χ1v) is 5.37. The lowest BCUT2D eigenvalue weighted by Crippen LogP contribution is -2.25. The summed E-state index contributed by atoms with van der Waals surface area (Å²) in [5.74, 6) is -0.517. The van der Waals surface area contributed by atoms with Gasteiger partial charge in [0, 0.05) is 5.69 Å². The van der Waals surface area contributed by atoms with Crippen molar-refractivity contribution in [2.45, 2.75) is 26.3 Å². The average Bonchev–Trinajstić information content (AvgIpc) is 2.29. The first kappa shape index (κ1) is 13.4. The molecule has 1 aromatic carbocycles. The molecule has 0 aromatic heterocycles. The average molecular weight is 243 g/mol. The Labute approximate surface area is 98.8 Å². The van der Waals surface area contributed by atoms with Gasteiger partial charge in [0.25, 0.3) is 6.43 Å². The van der Waals surface area contributed by atoms with Gasteiger partial charge in [-0.1, -0.05) is 12.1 Å². The zero-order chi connectivity index (χ0) is 12.8. The Balaban J connectivity index is 2.88. The predicted octanol–water partition coefficient (Wildman–Crippen LogP) is 2.93. The van der Waals surface area contributed by atoms with E-state index in [9.17, 15) is 13.6 Å². The van der Waals surface area contributed by atoms with Crippen molar-refractivity contribution >= 4 is 11.7 Å². The molecular formula is C12H15F2NO2. The highest BCUT2D eigenvalue weighted by atomic mass is 19.3. The summed E-state index contributed by atoms with van der Waals surface area (Å²) in [6.07, 6.45) is -2.50. The number of esters is 1. The summed E-state index contributed by atoms with van der Waals surface area (Å²) in [4.78, 5) is 11.6. The van der Waals surface area contributed by atoms with Crippen molar-refractivity contribution < 1.29 is 18.3 Å². The molecular weight excluding hydrogens is 228 g/mol. The summed E-state index contributed by atoms with van der Waals surface area (Å²) in [6.45, 7) is 3.29. The van der Waals surface area contributed by atoms with Crippen LogP contribution < -0.4 is 5.32 Å². The van der Waals surface area contributed by atoms with Crippen LogP contribution in [0.4, 0.5) is 14.5 Å². The molecule has 0 heterocycles. The lowest BCUT2D eigenvalue weighted by atomic mass is 10.1. The van der Waals surface area contributed by atoms with E-state index in [1.807, 2.05) is 0 Å². The molecule has 0 fully saturated rings. The fraction of sp³-hybridized carbons (Fsp3) is 0.417. The van der Waals surface area contributed by atoms with Gasteiger partial charge in [0.2, 0.25) is 0 Å². The number of para-hydroxylation sites is 1. The number of carbonyl (C=O) groups excluding carboxylic acids is 1. The van der Waals surface area contributed by atoms with Gasteiger partial charge >= 0.3 is 5.97 Å². The smallest absolute Gasteiger partial charge is 0.340 e. The molecule has 1 atom stereocenters. The van der Waals surface area contributed by atoms with Crippen LogP contribution in [0.1, 0.15) is 24.2 Å². The van der Waals surface area contributed by atoms with Crippen LogP contribution in [0.2, 0.25) is 0 Å². The van der Waals surface area contributed by atoms with Crippen molar-refractivity contribution in [3.05, 3.63) is 29.8 Å². The lowest BCUT2D eigenvalue weighted by Gasteiger charge is -2.16. The standard InChI is InChI=1S/C12H15F2NO2/c1-3-17-12(16)9-6-4-5-7-10(9)15-8(2)11(13)14/h4-8,11,15H,3H2,1-2H3. The molecule has 0 bridgehead atoms. The van der Waals surface area contributed by atoms with Crippen LogP contribution in [0, 0.1) is 0 Å². The number of anilines is 1. The number of rotatable bonds is 5. The maximum Gasteiger partial charge on any atom is 0.340 e. The number of hydrogen-bond donors (Lipinski definition) is 1. The maximum absolute atomic E-state index is 12.4. The number of hydrogen-bond acceptors (Lipinski definition) is 3. The molecule has 0 saturated carbocycles. The third-order valence-electron chi connectivity index (χ3n) is 2.18. The zero-order valence-electron chi connectivity index (χ0n) is 9.74. The van der Waals surface area contributed by atoms with Crippen molar-refractivity contribution in [2.24, 2.45) is 0 Å². The molecule has 0 radical (unpaired) electrons. The lowest BCUT2D eigenvalue weighted by molar-refractivity contribution is 0.0527. The second kappa shape index (κ2) is 6.18. The molecule has 0 aliphatic heterocycles. The first-order chi connectivity index (χ1) is 8.06. The SMILES string of the molecule is CCOC(=O)c1ccccc1NC(C)C(F)F. The second-order valence-electron chi connectivity index (χ2n) is 3.53. The Hall–Kier alpha value is -1.65. The van der Waals surface area contributed by atoms with Gasteiger partial charge in [0.15, 0.2) is 0 Å². The minimum absolute atomic E-state index is 0.248. The van der Waals surface area contributed by atoms with Crippen LogP contribution in [0.25, 0.3) is 0 Å². The molecule has 0 aliphatic rings. The van der Waals surface area contributed by atoms with Crippen LogP contribution in [0.15, 0.2) is 24.3 Å². The molecule has 1 N–H and O–H groups in total. The molecule has 17 heavy (non-hydrogen) atoms. The molecule has 0 saturated heterocycles. The molecule has 94 valence electrons. The van der Waals surface area contributed by atoms with Crippen molar-refractivity contribution in [3.63, 3.8) is 0 Å². The van der Waals surface area contributed by atoms with Crippen molar-refractivity contribution in [1.29, 1.82) is 0 Å². The number of nitrogens with one attached hydrogen (secondary N) is 1. The number of carbonyl (C=O) groups is 1. The first-order valence-electron chi connectivity index (χ1n) is 5.37. The van der Waals surface area contributed by atoms with Crippen molar-refractivity contribution in [2.75, 3.05) is 11.9 Å². The third kappa shape index (κ3) is 3.69. The van der Waals surface area contributed by atoms with Crippen LogP contribution in [0.5, 0.6) is 0 Å². The van der Waals surface area contributed by atoms with E-state index < -0.39 is 18.4 Å². The minimum Gasteiger partial charge on any atom is -0.462 e. The zero-order valence-corrected chi connectivity index (χ0v) is 9.74. The molecule has 1 aromatic rings. The summed E-state index contributed by atoms with van der Waals surface area (Å²) in [5, 5.41) is 2.60. The molecule has 0 aliphatic carbocycles. The van der Waals surface area contributed by atoms with E-state index in [0.29, 0.717) is 5.69 Å². The van der Waals surface area contributed by atoms with Gasteiger partial charge in [-0.15, -0.1) is 0 Å². The topological polar surface area (TPSA) is 38.3 Å². The summed E-state index contributed by atoms with van der Waals surface area (Å²) in [6, 6.07) is 5.42. The van der Waals surface area contributed by atoms with Gasteiger partial charge in [-0.2, -0.15) is 0 Å². The molecule has 5 heteroatoms. The highest BCUT2D eigenvalue weighted by Gasteiger charge is 2.18. The van der Waals surface area contributed by atoms with E-state index in [1.54, 1.807) is 31.2 Å². The van der Waals surface area contributed by atoms with Crippen LogP contribution >= 0.6 is 0 Å². The Morgan fingerprint density at radius 1 is 1.41 bits per heavy atom. The molecule has 0 spiro atoms. The Bertz CT molecular complexity index is 383. The van der Waals surface area contributed by atoms with E-state index >= 15 is 0 Å². The molecule has 1 rings (SSSR count). The number of halogens is 2. The largest absolute Gasteiger partial charge is 0.462 e. The van der Waals surface area contributed by atoms with Crippen LogP contribution in [0.3, 0.4) is 0 Å². The van der Waals surface area contributed by atoms with Crippen LogP contribution in [-0.2, 0) is 4.74 Å². The molecule has 1 unspecified atom stereocenters. The fourth-order valence-corrected chi connectivity index (χ4v) is 1.30. The summed E-state index contributed by atoms with van der Waals surface area (Å²) >= 11 is 0. The van der Waals surface area contributed by atoms with Crippen molar-refractivity contribution in [3.8, 4) is 0 Å². The maximum atomic E-state index is 12.4. The minimum atomic E-state index is -2.50. The monoisotopic (exact) mass is 243 g/mol. The van der Waals surface area contributed by atoms with Gasteiger partial charge in [-0.3, -0.25) is 0 Å². The quantitative estimate of drug-likeness (QED) is 0.808.